The predicted molar refractivity (Wildman–Crippen MR) is 133 cm³/mol. The first-order valence-electron chi connectivity index (χ1n) is 11.0. The van der Waals surface area contributed by atoms with Crippen molar-refractivity contribution in [3.8, 4) is 11.4 Å². The first-order valence-corrected chi connectivity index (χ1v) is 11.4. The topological polar surface area (TPSA) is 80.3 Å². The molecule has 1 aliphatic heterocycles. The van der Waals surface area contributed by atoms with Gasteiger partial charge in [0.05, 0.1) is 11.2 Å². The lowest BCUT2D eigenvalue weighted by atomic mass is 9.99. The molecular formula is C25H28ClFN6. The van der Waals surface area contributed by atoms with Crippen LogP contribution in [0.5, 0.6) is 0 Å². The Bertz CT molecular complexity index is 1130. The molecule has 3 aromatic rings. The number of anilines is 1. The van der Waals surface area contributed by atoms with Crippen LogP contribution in [-0.2, 0) is 13.1 Å². The number of halogens is 2. The highest BCUT2D eigenvalue weighted by Crippen LogP contribution is 2.31. The lowest BCUT2D eigenvalue weighted by Crippen LogP contribution is -2.32. The van der Waals surface area contributed by atoms with Crippen LogP contribution in [-0.4, -0.2) is 28.9 Å². The van der Waals surface area contributed by atoms with Crippen molar-refractivity contribution in [3.05, 3.63) is 83.0 Å². The average Bonchev–Trinajstić information content (AvgIpc) is 3.13. The van der Waals surface area contributed by atoms with Gasteiger partial charge in [-0.3, -0.25) is 0 Å². The van der Waals surface area contributed by atoms with Crippen molar-refractivity contribution in [2.24, 2.45) is 10.9 Å². The van der Waals surface area contributed by atoms with E-state index in [0.29, 0.717) is 34.8 Å². The number of aliphatic imine (C=N–C) groups is 1. The summed E-state index contributed by atoms with van der Waals surface area (Å²) in [4.78, 5) is 9.18. The van der Waals surface area contributed by atoms with E-state index in [9.17, 15) is 4.39 Å². The molecule has 4 rings (SSSR count). The van der Waals surface area contributed by atoms with Gasteiger partial charge in [0.15, 0.2) is 0 Å². The van der Waals surface area contributed by atoms with Crippen molar-refractivity contribution in [1.82, 2.24) is 20.2 Å². The molecule has 172 valence electrons. The Morgan fingerprint density at radius 1 is 1.30 bits per heavy atom. The monoisotopic (exact) mass is 466 g/mol. The molecular weight excluding hydrogens is 439 g/mol. The van der Waals surface area contributed by atoms with Crippen LogP contribution in [0.15, 0.2) is 65.9 Å². The quantitative estimate of drug-likeness (QED) is 0.424. The Labute approximate surface area is 198 Å². The summed E-state index contributed by atoms with van der Waals surface area (Å²) >= 11 is 6.48. The van der Waals surface area contributed by atoms with E-state index in [4.69, 9.17) is 22.3 Å². The van der Waals surface area contributed by atoms with Gasteiger partial charge in [0.2, 0.25) is 0 Å². The van der Waals surface area contributed by atoms with Gasteiger partial charge in [-0.15, -0.1) is 0 Å². The zero-order chi connectivity index (χ0) is 23.2. The summed E-state index contributed by atoms with van der Waals surface area (Å²) in [6.07, 6.45) is 3.90. The molecule has 0 radical (unpaired) electrons. The van der Waals surface area contributed by atoms with Gasteiger partial charge in [-0.25, -0.2) is 14.4 Å². The molecule has 0 spiro atoms. The minimum absolute atomic E-state index is 0.264. The first-order chi connectivity index (χ1) is 16.0. The van der Waals surface area contributed by atoms with Gasteiger partial charge >= 0.3 is 0 Å². The van der Waals surface area contributed by atoms with E-state index >= 15 is 0 Å². The fourth-order valence-electron chi connectivity index (χ4n) is 3.94. The number of nitrogen functional groups attached to an aromatic ring is 1. The number of aromatic nitrogens is 2. The van der Waals surface area contributed by atoms with Crippen LogP contribution in [0.4, 0.5) is 10.2 Å². The van der Waals surface area contributed by atoms with Crippen LogP contribution < -0.4 is 16.4 Å². The van der Waals surface area contributed by atoms with Crippen molar-refractivity contribution in [2.75, 3.05) is 18.8 Å². The van der Waals surface area contributed by atoms with Crippen LogP contribution in [0.1, 0.15) is 24.1 Å². The van der Waals surface area contributed by atoms with Crippen LogP contribution in [0.25, 0.3) is 11.4 Å². The molecule has 8 heteroatoms. The predicted octanol–water partition coefficient (Wildman–Crippen LogP) is 4.60. The van der Waals surface area contributed by atoms with E-state index in [1.54, 1.807) is 18.3 Å². The van der Waals surface area contributed by atoms with E-state index in [0.717, 1.165) is 49.4 Å². The molecule has 1 aliphatic rings. The fourth-order valence-corrected chi connectivity index (χ4v) is 4.16. The van der Waals surface area contributed by atoms with E-state index in [2.05, 4.69) is 22.2 Å². The lowest BCUT2D eigenvalue weighted by molar-refractivity contribution is 0.340. The summed E-state index contributed by atoms with van der Waals surface area (Å²) in [5, 5.41) is 7.20. The third-order valence-electron chi connectivity index (χ3n) is 5.74. The average molecular weight is 467 g/mol. The Morgan fingerprint density at radius 3 is 2.82 bits per heavy atom. The molecule has 0 bridgehead atoms. The number of nitrogens with zero attached hydrogens (tertiary/aromatic N) is 3. The number of imidazole rings is 1. The highest BCUT2D eigenvalue weighted by Gasteiger charge is 2.21. The third-order valence-corrected chi connectivity index (χ3v) is 6.07. The second-order valence-corrected chi connectivity index (χ2v) is 8.60. The van der Waals surface area contributed by atoms with E-state index in [1.165, 1.54) is 12.1 Å². The van der Waals surface area contributed by atoms with Crippen molar-refractivity contribution in [1.29, 1.82) is 0 Å². The Hall–Kier alpha value is -3.16. The number of nitrogens with two attached hydrogens (primary N) is 1. The van der Waals surface area contributed by atoms with Gasteiger partial charge in [0, 0.05) is 18.7 Å². The molecule has 0 amide bonds. The molecule has 1 aromatic heterocycles. The summed E-state index contributed by atoms with van der Waals surface area (Å²) < 4.78 is 15.1. The fraction of sp³-hybridized carbons (Fsp3) is 0.280. The van der Waals surface area contributed by atoms with Crippen molar-refractivity contribution >= 4 is 23.6 Å². The molecule has 0 aliphatic carbocycles. The molecule has 33 heavy (non-hydrogen) atoms. The molecule has 2 aromatic carbocycles. The van der Waals surface area contributed by atoms with E-state index < -0.39 is 0 Å². The summed E-state index contributed by atoms with van der Waals surface area (Å²) in [6, 6.07) is 13.9. The maximum absolute atomic E-state index is 13.1. The minimum atomic E-state index is -0.264. The van der Waals surface area contributed by atoms with Crippen molar-refractivity contribution in [2.45, 2.75) is 25.9 Å². The summed E-state index contributed by atoms with van der Waals surface area (Å²) in [5.74, 6) is 1.94. The molecule has 6 nitrogen and oxygen atoms in total. The highest BCUT2D eigenvalue weighted by atomic mass is 35.5. The van der Waals surface area contributed by atoms with Gasteiger partial charge in [-0.2, -0.15) is 0 Å². The molecule has 1 atom stereocenters. The Kier molecular flexibility index (Phi) is 7.42. The minimum Gasteiger partial charge on any atom is -0.383 e. The van der Waals surface area contributed by atoms with Gasteiger partial charge in [-0.1, -0.05) is 42.4 Å². The second-order valence-electron chi connectivity index (χ2n) is 8.19. The summed E-state index contributed by atoms with van der Waals surface area (Å²) in [7, 11) is 0. The molecule has 1 fully saturated rings. The normalized spacial score (nSPS) is 16.2. The molecule has 4 N–H and O–H groups in total. The highest BCUT2D eigenvalue weighted by molar-refractivity contribution is 6.33. The summed E-state index contributed by atoms with van der Waals surface area (Å²) in [6.45, 7) is 7.18. The molecule has 1 saturated heterocycles. The maximum Gasteiger partial charge on any atom is 0.143 e. The van der Waals surface area contributed by atoms with Crippen molar-refractivity contribution < 1.29 is 4.39 Å². The van der Waals surface area contributed by atoms with Crippen LogP contribution in [0.3, 0.4) is 0 Å². The zero-order valence-electron chi connectivity index (χ0n) is 18.4. The third kappa shape index (κ3) is 5.80. The number of hydrogen-bond acceptors (Lipinski definition) is 5. The van der Waals surface area contributed by atoms with Crippen LogP contribution >= 0.6 is 11.6 Å². The standard InChI is InChI=1S/C25H28ClFN6/c1-17(30-14-18-8-10-20(27)11-9-18)31-15-23-24(28)33(16-19-5-4-12-29-13-19)25(32-23)21-6-2-3-7-22(21)26/h2-3,6-11,15,19,29-30H,1,4-5,12-14,16,28H2/t19-/m1/s1. The largest absolute Gasteiger partial charge is 0.383 e. The smallest absolute Gasteiger partial charge is 0.143 e. The van der Waals surface area contributed by atoms with Gasteiger partial charge in [0.25, 0.3) is 0 Å². The van der Waals surface area contributed by atoms with Gasteiger partial charge in [0.1, 0.15) is 29.0 Å². The second kappa shape index (κ2) is 10.6. The number of nitrogens with one attached hydrogen (secondary N) is 2. The Balaban J connectivity index is 1.54. The van der Waals surface area contributed by atoms with Crippen molar-refractivity contribution in [3.63, 3.8) is 0 Å². The number of hydrogen-bond donors (Lipinski definition) is 3. The first kappa shape index (κ1) is 23.0. The number of benzene rings is 2. The van der Waals surface area contributed by atoms with Gasteiger partial charge < -0.3 is 20.9 Å². The van der Waals surface area contributed by atoms with Gasteiger partial charge in [-0.05, 0) is 61.7 Å². The molecule has 0 saturated carbocycles. The molecule has 0 unspecified atom stereocenters. The van der Waals surface area contributed by atoms with Crippen LogP contribution in [0, 0.1) is 11.7 Å². The van der Waals surface area contributed by atoms with E-state index in [1.807, 2.05) is 28.8 Å². The van der Waals surface area contributed by atoms with E-state index in [-0.39, 0.29) is 5.82 Å². The maximum atomic E-state index is 13.1. The van der Waals surface area contributed by atoms with Crippen LogP contribution in [0.2, 0.25) is 5.02 Å². The number of piperidine rings is 1. The Morgan fingerprint density at radius 2 is 2.09 bits per heavy atom. The number of rotatable bonds is 8. The lowest BCUT2D eigenvalue weighted by Gasteiger charge is -2.24. The summed E-state index contributed by atoms with van der Waals surface area (Å²) in [5.41, 5.74) is 8.87. The zero-order valence-corrected chi connectivity index (χ0v) is 19.2. The SMILES string of the molecule is C=C(N=Cc1nc(-c2ccccc2Cl)n(C[C@@H]2CCCNC2)c1N)NCc1ccc(F)cc1. The molecule has 2 heterocycles.